The summed E-state index contributed by atoms with van der Waals surface area (Å²) < 4.78 is 2.24. The van der Waals surface area contributed by atoms with Crippen LogP contribution in [-0.2, 0) is 6.42 Å². The van der Waals surface area contributed by atoms with E-state index in [4.69, 9.17) is 5.10 Å². The second kappa shape index (κ2) is 6.75. The molecule has 112 valence electrons. The third-order valence-electron chi connectivity index (χ3n) is 5.15. The van der Waals surface area contributed by atoms with Crippen molar-refractivity contribution in [2.24, 2.45) is 5.92 Å². The monoisotopic (exact) mass is 275 g/mol. The van der Waals surface area contributed by atoms with Gasteiger partial charge in [-0.05, 0) is 57.1 Å². The SMILES string of the molecule is CCCNC1CCCC1Cc1ccn(C2CCCC2)n1. The minimum atomic E-state index is 0.682. The Hall–Kier alpha value is -0.830. The molecule has 0 bridgehead atoms. The van der Waals surface area contributed by atoms with Gasteiger partial charge in [-0.15, -0.1) is 0 Å². The van der Waals surface area contributed by atoms with Crippen LogP contribution in [0.5, 0.6) is 0 Å². The number of rotatable bonds is 6. The van der Waals surface area contributed by atoms with Crippen LogP contribution in [-0.4, -0.2) is 22.4 Å². The van der Waals surface area contributed by atoms with Crippen molar-refractivity contribution in [2.45, 2.75) is 76.8 Å². The molecule has 1 aromatic rings. The highest BCUT2D eigenvalue weighted by Gasteiger charge is 2.27. The van der Waals surface area contributed by atoms with Gasteiger partial charge in [0.05, 0.1) is 11.7 Å². The molecule has 1 N–H and O–H groups in total. The minimum Gasteiger partial charge on any atom is -0.314 e. The van der Waals surface area contributed by atoms with Gasteiger partial charge in [-0.2, -0.15) is 5.10 Å². The molecule has 2 fully saturated rings. The Morgan fingerprint density at radius 3 is 2.85 bits per heavy atom. The van der Waals surface area contributed by atoms with Gasteiger partial charge in [0.2, 0.25) is 0 Å². The van der Waals surface area contributed by atoms with Crippen LogP contribution in [0.15, 0.2) is 12.3 Å². The summed E-state index contributed by atoms with van der Waals surface area (Å²) in [5.74, 6) is 0.800. The van der Waals surface area contributed by atoms with Gasteiger partial charge in [0.1, 0.15) is 0 Å². The topological polar surface area (TPSA) is 29.9 Å². The van der Waals surface area contributed by atoms with E-state index in [0.29, 0.717) is 6.04 Å². The van der Waals surface area contributed by atoms with E-state index in [9.17, 15) is 0 Å². The van der Waals surface area contributed by atoms with Crippen LogP contribution in [0.1, 0.15) is 70.0 Å². The van der Waals surface area contributed by atoms with Gasteiger partial charge in [-0.3, -0.25) is 4.68 Å². The van der Waals surface area contributed by atoms with Gasteiger partial charge < -0.3 is 5.32 Å². The van der Waals surface area contributed by atoms with E-state index in [1.807, 2.05) is 0 Å². The normalized spacial score (nSPS) is 27.4. The Labute approximate surface area is 123 Å². The van der Waals surface area contributed by atoms with Crippen LogP contribution in [0.3, 0.4) is 0 Å². The van der Waals surface area contributed by atoms with Crippen molar-refractivity contribution in [1.82, 2.24) is 15.1 Å². The predicted molar refractivity (Wildman–Crippen MR) is 82.9 cm³/mol. The summed E-state index contributed by atoms with van der Waals surface area (Å²) in [5, 5.41) is 8.59. The molecular weight excluding hydrogens is 246 g/mol. The molecule has 0 amide bonds. The van der Waals surface area contributed by atoms with Crippen molar-refractivity contribution in [3.05, 3.63) is 18.0 Å². The Morgan fingerprint density at radius 1 is 1.20 bits per heavy atom. The first-order valence-corrected chi connectivity index (χ1v) is 8.64. The van der Waals surface area contributed by atoms with Gasteiger partial charge in [0.15, 0.2) is 0 Å². The molecule has 20 heavy (non-hydrogen) atoms. The summed E-state index contributed by atoms with van der Waals surface area (Å²) in [7, 11) is 0. The first kappa shape index (κ1) is 14.1. The van der Waals surface area contributed by atoms with E-state index < -0.39 is 0 Å². The fraction of sp³-hybridized carbons (Fsp3) is 0.824. The van der Waals surface area contributed by atoms with E-state index in [2.05, 4.69) is 29.2 Å². The summed E-state index contributed by atoms with van der Waals surface area (Å²) in [6.07, 6.45) is 14.1. The highest BCUT2D eigenvalue weighted by atomic mass is 15.3. The largest absolute Gasteiger partial charge is 0.314 e. The van der Waals surface area contributed by atoms with E-state index in [1.54, 1.807) is 0 Å². The van der Waals surface area contributed by atoms with Crippen LogP contribution in [0.4, 0.5) is 0 Å². The molecule has 2 aliphatic carbocycles. The van der Waals surface area contributed by atoms with Gasteiger partial charge in [-0.25, -0.2) is 0 Å². The summed E-state index contributed by atoms with van der Waals surface area (Å²) in [6, 6.07) is 3.67. The molecule has 0 spiro atoms. The van der Waals surface area contributed by atoms with Crippen LogP contribution < -0.4 is 5.32 Å². The number of hydrogen-bond acceptors (Lipinski definition) is 2. The molecule has 1 heterocycles. The van der Waals surface area contributed by atoms with E-state index in [-0.39, 0.29) is 0 Å². The van der Waals surface area contributed by atoms with Crippen molar-refractivity contribution in [3.63, 3.8) is 0 Å². The maximum Gasteiger partial charge on any atom is 0.0628 e. The van der Waals surface area contributed by atoms with Gasteiger partial charge >= 0.3 is 0 Å². The number of aromatic nitrogens is 2. The van der Waals surface area contributed by atoms with Gasteiger partial charge in [0.25, 0.3) is 0 Å². The Morgan fingerprint density at radius 2 is 2.05 bits per heavy atom. The molecule has 3 heteroatoms. The van der Waals surface area contributed by atoms with Crippen molar-refractivity contribution in [3.8, 4) is 0 Å². The summed E-state index contributed by atoms with van der Waals surface area (Å²) in [5.41, 5.74) is 1.31. The molecular formula is C17H29N3. The first-order valence-electron chi connectivity index (χ1n) is 8.64. The molecule has 0 saturated heterocycles. The van der Waals surface area contributed by atoms with Crippen molar-refractivity contribution in [2.75, 3.05) is 6.54 Å². The van der Waals surface area contributed by atoms with Crippen molar-refractivity contribution < 1.29 is 0 Å². The summed E-state index contributed by atoms with van der Waals surface area (Å²) in [6.45, 7) is 3.41. The maximum absolute atomic E-state index is 4.86. The van der Waals surface area contributed by atoms with Gasteiger partial charge in [0, 0.05) is 12.2 Å². The molecule has 3 rings (SSSR count). The first-order chi connectivity index (χ1) is 9.86. The van der Waals surface area contributed by atoms with Crippen molar-refractivity contribution in [1.29, 1.82) is 0 Å². The molecule has 0 aliphatic heterocycles. The zero-order valence-corrected chi connectivity index (χ0v) is 12.9. The van der Waals surface area contributed by atoms with E-state index >= 15 is 0 Å². The zero-order valence-electron chi connectivity index (χ0n) is 12.9. The third kappa shape index (κ3) is 3.25. The quantitative estimate of drug-likeness (QED) is 0.857. The number of hydrogen-bond donors (Lipinski definition) is 1. The van der Waals surface area contributed by atoms with Crippen LogP contribution in [0.2, 0.25) is 0 Å². The highest BCUT2D eigenvalue weighted by Crippen LogP contribution is 2.31. The Balaban J connectivity index is 1.56. The zero-order chi connectivity index (χ0) is 13.8. The minimum absolute atomic E-state index is 0.682. The lowest BCUT2D eigenvalue weighted by atomic mass is 9.97. The highest BCUT2D eigenvalue weighted by molar-refractivity contribution is 5.03. The average Bonchev–Trinajstić information content (AvgIpc) is 3.18. The fourth-order valence-corrected chi connectivity index (χ4v) is 4.01. The van der Waals surface area contributed by atoms with Gasteiger partial charge in [-0.1, -0.05) is 26.2 Å². The molecule has 2 aliphatic rings. The fourth-order valence-electron chi connectivity index (χ4n) is 4.01. The van der Waals surface area contributed by atoms with Crippen LogP contribution in [0, 0.1) is 5.92 Å². The van der Waals surface area contributed by atoms with Crippen LogP contribution >= 0.6 is 0 Å². The molecule has 2 unspecified atom stereocenters. The molecule has 0 aromatic carbocycles. The molecule has 0 radical (unpaired) electrons. The second-order valence-corrected chi connectivity index (χ2v) is 6.68. The Kier molecular flexibility index (Phi) is 4.77. The number of nitrogens with zero attached hydrogens (tertiary/aromatic N) is 2. The second-order valence-electron chi connectivity index (χ2n) is 6.68. The lowest BCUT2D eigenvalue weighted by Gasteiger charge is -2.20. The average molecular weight is 275 g/mol. The number of nitrogens with one attached hydrogen (secondary N) is 1. The summed E-state index contributed by atoms with van der Waals surface area (Å²) >= 11 is 0. The predicted octanol–water partition coefficient (Wildman–Crippen LogP) is 3.71. The Bertz CT molecular complexity index is 406. The molecule has 2 saturated carbocycles. The molecule has 3 nitrogen and oxygen atoms in total. The summed E-state index contributed by atoms with van der Waals surface area (Å²) in [4.78, 5) is 0. The molecule has 2 atom stereocenters. The van der Waals surface area contributed by atoms with Crippen LogP contribution in [0.25, 0.3) is 0 Å². The lowest BCUT2D eigenvalue weighted by molar-refractivity contribution is 0.391. The van der Waals surface area contributed by atoms with E-state index in [1.165, 1.54) is 63.5 Å². The maximum atomic E-state index is 4.86. The third-order valence-corrected chi connectivity index (χ3v) is 5.15. The van der Waals surface area contributed by atoms with Crippen molar-refractivity contribution >= 4 is 0 Å². The smallest absolute Gasteiger partial charge is 0.0628 e. The lowest BCUT2D eigenvalue weighted by Crippen LogP contribution is -2.33. The van der Waals surface area contributed by atoms with E-state index in [0.717, 1.165) is 18.5 Å². The molecule has 1 aromatic heterocycles. The standard InChI is InChI=1S/C17H29N3/c1-2-11-18-17-9-5-6-14(17)13-15-10-12-20(19-15)16-7-3-4-8-16/h10,12,14,16-18H,2-9,11,13H2,1H3.